The molecule has 1 aliphatic rings. The van der Waals surface area contributed by atoms with Crippen LogP contribution in [0.2, 0.25) is 0 Å². The predicted molar refractivity (Wildman–Crippen MR) is 159 cm³/mol. The van der Waals surface area contributed by atoms with Crippen LogP contribution >= 0.6 is 0 Å². The van der Waals surface area contributed by atoms with Crippen molar-refractivity contribution in [1.82, 2.24) is 9.88 Å². The van der Waals surface area contributed by atoms with Gasteiger partial charge in [-0.15, -0.1) is 12.8 Å². The Kier molecular flexibility index (Phi) is 10.6. The van der Waals surface area contributed by atoms with E-state index >= 15 is 0 Å². The monoisotopic (exact) mass is 500 g/mol. The lowest BCUT2D eigenvalue weighted by atomic mass is 9.87. The number of allylic oxidation sites excluding steroid dienone is 5. The second-order valence-electron chi connectivity index (χ2n) is 10.4. The molecule has 5 nitrogen and oxygen atoms in total. The minimum atomic E-state index is -0.113. The molecule has 1 fully saturated rings. The van der Waals surface area contributed by atoms with Crippen LogP contribution in [0.25, 0.3) is 16.5 Å². The van der Waals surface area contributed by atoms with Crippen LogP contribution < -0.4 is 5.73 Å². The van der Waals surface area contributed by atoms with E-state index in [1.807, 2.05) is 4.90 Å². The first-order valence-electron chi connectivity index (χ1n) is 13.2. The van der Waals surface area contributed by atoms with E-state index in [1.54, 1.807) is 13.8 Å². The normalized spacial score (nSPS) is 15.2. The van der Waals surface area contributed by atoms with Gasteiger partial charge in [-0.25, -0.2) is 0 Å². The summed E-state index contributed by atoms with van der Waals surface area (Å²) in [5.74, 6) is 0.698. The minimum absolute atomic E-state index is 0.113. The standard InChI is InChI=1S/C30H42N4O.C2H2/c1-8-9-24(16-18(2)3)29-27(19(4)5)25-17-23(10-11-26(25)33-29)22-12-14-34(15-13-22)30(35)28(20(6)31)21(7)32;1-2/h9-11,16-17,19,22,31,33H,8,12-15,32H2,1-7H3;1-2H/b24-9+,28-21+,31-20?;. The molecule has 0 unspecified atom stereocenters. The number of rotatable bonds is 7. The first-order chi connectivity index (χ1) is 17.5. The second kappa shape index (κ2) is 13.1. The van der Waals surface area contributed by atoms with Gasteiger partial charge in [-0.05, 0) is 87.6 Å². The summed E-state index contributed by atoms with van der Waals surface area (Å²) < 4.78 is 0. The third kappa shape index (κ3) is 6.83. The number of nitrogens with two attached hydrogens (primary N) is 1. The van der Waals surface area contributed by atoms with Gasteiger partial charge in [0.15, 0.2) is 0 Å². The fourth-order valence-electron chi connectivity index (χ4n) is 5.27. The van der Waals surface area contributed by atoms with Gasteiger partial charge in [-0.3, -0.25) is 4.79 Å². The van der Waals surface area contributed by atoms with Gasteiger partial charge < -0.3 is 21.0 Å². The Morgan fingerprint density at radius 2 is 1.81 bits per heavy atom. The number of carbonyl (C=O) groups is 1. The highest BCUT2D eigenvalue weighted by Gasteiger charge is 2.28. The molecule has 0 aliphatic carbocycles. The van der Waals surface area contributed by atoms with E-state index < -0.39 is 0 Å². The Morgan fingerprint density at radius 3 is 2.30 bits per heavy atom. The van der Waals surface area contributed by atoms with Crippen molar-refractivity contribution in [1.29, 1.82) is 5.41 Å². The molecule has 0 atom stereocenters. The summed E-state index contributed by atoms with van der Waals surface area (Å²) in [5.41, 5.74) is 14.6. The van der Waals surface area contributed by atoms with Crippen molar-refractivity contribution in [3.8, 4) is 12.8 Å². The number of aromatic amines is 1. The zero-order valence-electron chi connectivity index (χ0n) is 23.7. The molecule has 1 aromatic carbocycles. The number of amides is 1. The fourth-order valence-corrected chi connectivity index (χ4v) is 5.27. The Hall–Kier alpha value is -3.52. The van der Waals surface area contributed by atoms with Gasteiger partial charge in [-0.2, -0.15) is 0 Å². The van der Waals surface area contributed by atoms with E-state index in [9.17, 15) is 4.79 Å². The van der Waals surface area contributed by atoms with Gasteiger partial charge in [0.2, 0.25) is 0 Å². The highest BCUT2D eigenvalue weighted by Crippen LogP contribution is 2.37. The molecule has 198 valence electrons. The van der Waals surface area contributed by atoms with Crippen LogP contribution in [0.5, 0.6) is 0 Å². The fraction of sp³-hybridized carbons (Fsp3) is 0.438. The molecule has 1 amide bonds. The summed E-state index contributed by atoms with van der Waals surface area (Å²) in [7, 11) is 0. The summed E-state index contributed by atoms with van der Waals surface area (Å²) in [4.78, 5) is 18.5. The van der Waals surface area contributed by atoms with Crippen LogP contribution in [0.3, 0.4) is 0 Å². The van der Waals surface area contributed by atoms with Gasteiger partial charge in [0.1, 0.15) is 0 Å². The number of hydrogen-bond acceptors (Lipinski definition) is 3. The highest BCUT2D eigenvalue weighted by molar-refractivity contribution is 6.20. The van der Waals surface area contributed by atoms with Gasteiger partial charge in [-0.1, -0.05) is 44.6 Å². The first kappa shape index (κ1) is 29.7. The molecule has 3 rings (SSSR count). The number of hydrogen-bond donors (Lipinski definition) is 3. The molecule has 2 heterocycles. The highest BCUT2D eigenvalue weighted by atomic mass is 16.2. The lowest BCUT2D eigenvalue weighted by molar-refractivity contribution is -0.127. The number of aromatic nitrogens is 1. The van der Waals surface area contributed by atoms with Crippen LogP contribution in [0, 0.1) is 18.3 Å². The van der Waals surface area contributed by atoms with E-state index in [1.165, 1.54) is 38.9 Å². The van der Waals surface area contributed by atoms with Crippen molar-refractivity contribution < 1.29 is 4.79 Å². The van der Waals surface area contributed by atoms with Crippen LogP contribution in [-0.2, 0) is 4.79 Å². The van der Waals surface area contributed by atoms with Gasteiger partial charge in [0.05, 0.1) is 5.57 Å². The smallest absolute Gasteiger partial charge is 0.257 e. The number of fused-ring (bicyclic) bond motifs is 1. The summed E-state index contributed by atoms with van der Waals surface area (Å²) in [6.07, 6.45) is 15.4. The number of benzene rings is 1. The minimum Gasteiger partial charge on any atom is -0.402 e. The van der Waals surface area contributed by atoms with Crippen molar-refractivity contribution >= 4 is 28.1 Å². The molecule has 1 aromatic heterocycles. The molecule has 4 N–H and O–H groups in total. The first-order valence-corrected chi connectivity index (χ1v) is 13.2. The third-order valence-corrected chi connectivity index (χ3v) is 6.83. The summed E-state index contributed by atoms with van der Waals surface area (Å²) >= 11 is 0. The number of terminal acetylenes is 1. The number of nitrogens with one attached hydrogen (secondary N) is 2. The summed E-state index contributed by atoms with van der Waals surface area (Å²) in [5, 5.41) is 9.24. The zero-order valence-corrected chi connectivity index (χ0v) is 23.7. The SMILES string of the molecule is C#C.CC/C=C(\C=C(C)C)c1[nH]c2ccc(C3CCN(C(=O)/C(C(C)=N)=C(\C)N)CC3)cc2c1C(C)C. The Balaban J connectivity index is 0.00000235. The topological polar surface area (TPSA) is 86.0 Å². The molecule has 37 heavy (non-hydrogen) atoms. The van der Waals surface area contributed by atoms with Crippen molar-refractivity contribution in [2.45, 2.75) is 79.6 Å². The Labute approximate surface area is 223 Å². The van der Waals surface area contributed by atoms with Crippen molar-refractivity contribution in [3.63, 3.8) is 0 Å². The number of likely N-dealkylation sites (tertiary alicyclic amines) is 1. The maximum Gasteiger partial charge on any atom is 0.257 e. The molecular weight excluding hydrogens is 456 g/mol. The van der Waals surface area contributed by atoms with Crippen LogP contribution in [-0.4, -0.2) is 34.6 Å². The lowest BCUT2D eigenvalue weighted by Gasteiger charge is -2.33. The predicted octanol–water partition coefficient (Wildman–Crippen LogP) is 7.28. The number of piperidine rings is 1. The molecule has 0 spiro atoms. The molecule has 0 bridgehead atoms. The van der Waals surface area contributed by atoms with Crippen molar-refractivity contribution in [3.05, 3.63) is 64.0 Å². The molecular formula is C32H44N4O. The Bertz CT molecular complexity index is 1240. The third-order valence-electron chi connectivity index (χ3n) is 6.83. The van der Waals surface area contributed by atoms with E-state index in [-0.39, 0.29) is 11.6 Å². The van der Waals surface area contributed by atoms with Gasteiger partial charge in [0.25, 0.3) is 5.91 Å². The van der Waals surface area contributed by atoms with E-state index in [0.29, 0.717) is 36.2 Å². The number of H-pyrrole nitrogens is 1. The van der Waals surface area contributed by atoms with Crippen molar-refractivity contribution in [2.24, 2.45) is 5.73 Å². The van der Waals surface area contributed by atoms with Crippen LogP contribution in [0.15, 0.2) is 47.2 Å². The number of nitrogens with zero attached hydrogens (tertiary/aromatic N) is 1. The van der Waals surface area contributed by atoms with E-state index in [4.69, 9.17) is 11.1 Å². The van der Waals surface area contributed by atoms with E-state index in [2.05, 4.69) is 82.8 Å². The molecule has 5 heteroatoms. The molecule has 1 saturated heterocycles. The average Bonchev–Trinajstić information content (AvgIpc) is 3.23. The molecule has 1 aliphatic heterocycles. The largest absolute Gasteiger partial charge is 0.402 e. The lowest BCUT2D eigenvalue weighted by Crippen LogP contribution is -2.40. The summed E-state index contributed by atoms with van der Waals surface area (Å²) in [6, 6.07) is 6.84. The second-order valence-corrected chi connectivity index (χ2v) is 10.4. The Morgan fingerprint density at radius 1 is 1.19 bits per heavy atom. The van der Waals surface area contributed by atoms with Crippen molar-refractivity contribution in [2.75, 3.05) is 13.1 Å². The molecule has 2 aromatic rings. The zero-order chi connectivity index (χ0) is 27.9. The maximum absolute atomic E-state index is 12.9. The number of carbonyl (C=O) groups excluding carboxylic acids is 1. The molecule has 0 saturated carbocycles. The average molecular weight is 501 g/mol. The van der Waals surface area contributed by atoms with Crippen LogP contribution in [0.4, 0.5) is 0 Å². The maximum atomic E-state index is 12.9. The molecule has 0 radical (unpaired) electrons. The van der Waals surface area contributed by atoms with Gasteiger partial charge >= 0.3 is 0 Å². The van der Waals surface area contributed by atoms with Crippen LogP contribution in [0.1, 0.15) is 96.4 Å². The van der Waals surface area contributed by atoms with E-state index in [0.717, 1.165) is 19.3 Å². The van der Waals surface area contributed by atoms with Gasteiger partial charge in [0, 0.05) is 41.1 Å². The quantitative estimate of drug-likeness (QED) is 0.161. The summed E-state index contributed by atoms with van der Waals surface area (Å²) in [6.45, 7) is 15.7.